The topological polar surface area (TPSA) is 104 Å². The normalized spacial score (nSPS) is 14.7. The Balaban J connectivity index is 1.24. The lowest BCUT2D eigenvalue weighted by Gasteiger charge is -2.06. The molecule has 1 N–H and O–H groups in total. The minimum absolute atomic E-state index is 0.128. The van der Waals surface area contributed by atoms with Gasteiger partial charge in [-0.3, -0.25) is 4.79 Å². The minimum atomic E-state index is -0.128. The molecule has 1 amide bonds. The maximum atomic E-state index is 12.3. The number of thiazole rings is 1. The third-order valence-electron chi connectivity index (χ3n) is 4.47. The highest BCUT2D eigenvalue weighted by Crippen LogP contribution is 2.34. The SMILES string of the molecule is O=C(CSc1nnnn1-c1ccc2c(c1)OCO2)Nc1nc2c(s1)CCCC2. The van der Waals surface area contributed by atoms with Crippen LogP contribution in [0.15, 0.2) is 23.4 Å². The van der Waals surface area contributed by atoms with Crippen LogP contribution in [-0.4, -0.2) is 43.6 Å². The molecule has 144 valence electrons. The van der Waals surface area contributed by atoms with E-state index in [0.717, 1.165) is 24.2 Å². The van der Waals surface area contributed by atoms with Gasteiger partial charge in [0, 0.05) is 10.9 Å². The van der Waals surface area contributed by atoms with E-state index in [2.05, 4.69) is 25.8 Å². The molecular weight excluding hydrogens is 400 g/mol. The van der Waals surface area contributed by atoms with Gasteiger partial charge in [-0.15, -0.1) is 16.4 Å². The lowest BCUT2D eigenvalue weighted by Crippen LogP contribution is -2.14. The number of aryl methyl sites for hydroxylation is 2. The maximum Gasteiger partial charge on any atom is 0.236 e. The van der Waals surface area contributed by atoms with Gasteiger partial charge in [-0.25, -0.2) is 4.98 Å². The number of rotatable bonds is 5. The third kappa shape index (κ3) is 3.42. The lowest BCUT2D eigenvalue weighted by molar-refractivity contribution is -0.113. The summed E-state index contributed by atoms with van der Waals surface area (Å²) in [6, 6.07) is 5.46. The van der Waals surface area contributed by atoms with E-state index < -0.39 is 0 Å². The number of hydrogen-bond donors (Lipinski definition) is 1. The van der Waals surface area contributed by atoms with Crippen molar-refractivity contribution in [3.8, 4) is 17.2 Å². The second kappa shape index (κ2) is 7.40. The molecule has 0 radical (unpaired) electrons. The predicted molar refractivity (Wildman–Crippen MR) is 103 cm³/mol. The van der Waals surface area contributed by atoms with Crippen molar-refractivity contribution in [3.63, 3.8) is 0 Å². The molecule has 3 heterocycles. The van der Waals surface area contributed by atoms with E-state index in [0.29, 0.717) is 21.8 Å². The van der Waals surface area contributed by atoms with Gasteiger partial charge in [0.2, 0.25) is 17.9 Å². The molecule has 9 nitrogen and oxygen atoms in total. The molecule has 2 aliphatic rings. The number of carbonyl (C=O) groups is 1. The summed E-state index contributed by atoms with van der Waals surface area (Å²) in [6.45, 7) is 0.205. The first-order valence-electron chi connectivity index (χ1n) is 8.86. The number of nitrogens with one attached hydrogen (secondary N) is 1. The number of amides is 1. The van der Waals surface area contributed by atoms with Gasteiger partial charge in [0.25, 0.3) is 0 Å². The number of tetrazole rings is 1. The average molecular weight is 416 g/mol. The van der Waals surface area contributed by atoms with E-state index in [4.69, 9.17) is 9.47 Å². The fourth-order valence-electron chi connectivity index (χ4n) is 3.14. The predicted octanol–water partition coefficient (Wildman–Crippen LogP) is 2.46. The molecule has 0 spiro atoms. The van der Waals surface area contributed by atoms with Crippen LogP contribution in [0, 0.1) is 0 Å². The van der Waals surface area contributed by atoms with Crippen LogP contribution in [0.5, 0.6) is 11.5 Å². The third-order valence-corrected chi connectivity index (χ3v) is 6.46. The highest BCUT2D eigenvalue weighted by atomic mass is 32.2. The summed E-state index contributed by atoms with van der Waals surface area (Å²) in [5, 5.41) is 15.8. The van der Waals surface area contributed by atoms with Crippen molar-refractivity contribution in [2.24, 2.45) is 0 Å². The van der Waals surface area contributed by atoms with Crippen molar-refractivity contribution in [3.05, 3.63) is 28.8 Å². The Morgan fingerprint density at radius 3 is 3.07 bits per heavy atom. The largest absolute Gasteiger partial charge is 0.454 e. The highest BCUT2D eigenvalue weighted by Gasteiger charge is 2.19. The van der Waals surface area contributed by atoms with Gasteiger partial charge in [-0.1, -0.05) is 11.8 Å². The Kier molecular flexibility index (Phi) is 4.61. The quantitative estimate of drug-likeness (QED) is 0.633. The summed E-state index contributed by atoms with van der Waals surface area (Å²) in [6.07, 6.45) is 4.42. The number of nitrogens with zero attached hydrogens (tertiary/aromatic N) is 5. The van der Waals surface area contributed by atoms with Crippen LogP contribution in [0.3, 0.4) is 0 Å². The molecule has 1 aromatic carbocycles. The number of ether oxygens (including phenoxy) is 2. The molecule has 0 unspecified atom stereocenters. The van der Waals surface area contributed by atoms with Gasteiger partial charge in [0.1, 0.15) is 0 Å². The number of hydrogen-bond acceptors (Lipinski definition) is 9. The summed E-state index contributed by atoms with van der Waals surface area (Å²) in [5.74, 6) is 1.40. The zero-order chi connectivity index (χ0) is 18.9. The first-order chi connectivity index (χ1) is 13.8. The van der Waals surface area contributed by atoms with Crippen molar-refractivity contribution < 1.29 is 14.3 Å². The molecule has 3 aromatic rings. The standard InChI is InChI=1S/C17H16N6O3S2/c24-15(19-16-18-11-3-1-2-4-14(11)28-16)8-27-17-20-21-22-23(17)10-5-6-12-13(7-10)26-9-25-12/h5-7H,1-4,8-9H2,(H,18,19,24). The number of anilines is 1. The second-order valence-corrected chi connectivity index (χ2v) is 8.37. The molecule has 0 saturated heterocycles. The molecule has 0 fully saturated rings. The average Bonchev–Trinajstić information content (AvgIpc) is 3.43. The Morgan fingerprint density at radius 1 is 1.25 bits per heavy atom. The number of carbonyl (C=O) groups excluding carboxylic acids is 1. The van der Waals surface area contributed by atoms with Crippen LogP contribution in [0.2, 0.25) is 0 Å². The van der Waals surface area contributed by atoms with Crippen LogP contribution in [0.4, 0.5) is 5.13 Å². The summed E-state index contributed by atoms with van der Waals surface area (Å²) in [7, 11) is 0. The summed E-state index contributed by atoms with van der Waals surface area (Å²) in [4.78, 5) is 18.2. The van der Waals surface area contributed by atoms with E-state index in [1.165, 1.54) is 29.5 Å². The fraction of sp³-hybridized carbons (Fsp3) is 0.353. The molecule has 0 atom stereocenters. The number of thioether (sulfide) groups is 1. The second-order valence-electron chi connectivity index (χ2n) is 6.34. The molecule has 0 saturated carbocycles. The zero-order valence-electron chi connectivity index (χ0n) is 14.8. The van der Waals surface area contributed by atoms with Gasteiger partial charge >= 0.3 is 0 Å². The highest BCUT2D eigenvalue weighted by molar-refractivity contribution is 7.99. The summed E-state index contributed by atoms with van der Waals surface area (Å²) in [5.41, 5.74) is 1.87. The van der Waals surface area contributed by atoms with E-state index in [-0.39, 0.29) is 18.5 Å². The van der Waals surface area contributed by atoms with Crippen molar-refractivity contribution in [1.29, 1.82) is 0 Å². The summed E-state index contributed by atoms with van der Waals surface area (Å²) < 4.78 is 12.3. The fourth-order valence-corrected chi connectivity index (χ4v) is 4.90. The van der Waals surface area contributed by atoms with Gasteiger partial charge in [0.15, 0.2) is 16.6 Å². The molecule has 5 rings (SSSR count). The van der Waals surface area contributed by atoms with E-state index in [1.807, 2.05) is 18.2 Å². The van der Waals surface area contributed by atoms with E-state index >= 15 is 0 Å². The molecule has 1 aliphatic carbocycles. The van der Waals surface area contributed by atoms with Crippen LogP contribution in [0.25, 0.3) is 5.69 Å². The van der Waals surface area contributed by atoms with Crippen LogP contribution in [0.1, 0.15) is 23.4 Å². The Morgan fingerprint density at radius 2 is 2.14 bits per heavy atom. The Labute approximate surface area is 168 Å². The van der Waals surface area contributed by atoms with Crippen molar-refractivity contribution >= 4 is 34.1 Å². The zero-order valence-corrected chi connectivity index (χ0v) is 16.4. The first-order valence-corrected chi connectivity index (χ1v) is 10.7. The number of fused-ring (bicyclic) bond motifs is 2. The Hall–Kier alpha value is -2.66. The summed E-state index contributed by atoms with van der Waals surface area (Å²) >= 11 is 2.84. The van der Waals surface area contributed by atoms with Crippen LogP contribution >= 0.6 is 23.1 Å². The van der Waals surface area contributed by atoms with Crippen LogP contribution in [-0.2, 0) is 17.6 Å². The van der Waals surface area contributed by atoms with E-state index in [1.54, 1.807) is 16.0 Å². The monoisotopic (exact) mass is 416 g/mol. The van der Waals surface area contributed by atoms with Crippen molar-refractivity contribution in [1.82, 2.24) is 25.2 Å². The van der Waals surface area contributed by atoms with Gasteiger partial charge in [0.05, 0.1) is 17.1 Å². The van der Waals surface area contributed by atoms with Gasteiger partial charge in [-0.2, -0.15) is 4.68 Å². The van der Waals surface area contributed by atoms with Crippen molar-refractivity contribution in [2.45, 2.75) is 30.8 Å². The molecule has 0 bridgehead atoms. The smallest absolute Gasteiger partial charge is 0.236 e. The molecule has 1 aliphatic heterocycles. The van der Waals surface area contributed by atoms with Gasteiger partial charge in [-0.05, 0) is 48.2 Å². The molecule has 11 heteroatoms. The maximum absolute atomic E-state index is 12.3. The lowest BCUT2D eigenvalue weighted by atomic mass is 10.0. The van der Waals surface area contributed by atoms with E-state index in [9.17, 15) is 4.79 Å². The number of benzene rings is 1. The first kappa shape index (κ1) is 17.4. The molecule has 28 heavy (non-hydrogen) atoms. The Bertz CT molecular complexity index is 1010. The number of aromatic nitrogens is 5. The molecular formula is C17H16N6O3S2. The minimum Gasteiger partial charge on any atom is -0.454 e. The van der Waals surface area contributed by atoms with Gasteiger partial charge < -0.3 is 14.8 Å². The van der Waals surface area contributed by atoms with Crippen LogP contribution < -0.4 is 14.8 Å². The molecule has 2 aromatic heterocycles. The van der Waals surface area contributed by atoms with Crippen molar-refractivity contribution in [2.75, 3.05) is 17.9 Å².